The minimum absolute atomic E-state index is 0.292. The van der Waals surface area contributed by atoms with Gasteiger partial charge in [0, 0.05) is 6.07 Å². The van der Waals surface area contributed by atoms with Gasteiger partial charge in [-0.15, -0.1) is 5.10 Å². The van der Waals surface area contributed by atoms with Gasteiger partial charge in [0.2, 0.25) is 5.88 Å². The van der Waals surface area contributed by atoms with Crippen LogP contribution in [0.15, 0.2) is 12.1 Å². The van der Waals surface area contributed by atoms with Crippen molar-refractivity contribution in [3.8, 4) is 5.88 Å². The Labute approximate surface area is 83.5 Å². The largest absolute Gasteiger partial charge is 0.473 e. The second kappa shape index (κ2) is 3.92. The van der Waals surface area contributed by atoms with Crippen LogP contribution in [0.4, 0.5) is 0 Å². The summed E-state index contributed by atoms with van der Waals surface area (Å²) in [7, 11) is 0. The Morgan fingerprint density at radius 2 is 2.21 bits per heavy atom. The van der Waals surface area contributed by atoms with E-state index < -0.39 is 0 Å². The fourth-order valence-electron chi connectivity index (χ4n) is 1.58. The van der Waals surface area contributed by atoms with Gasteiger partial charge >= 0.3 is 0 Å². The molecule has 0 spiro atoms. The standard InChI is InChI=1S/C10H15N3O/c1-7-2-3-10(13-12-7)14-9-4-8(5-9)6-11/h2-3,8-9H,4-6,11H2,1H3. The van der Waals surface area contributed by atoms with E-state index in [4.69, 9.17) is 10.5 Å². The Morgan fingerprint density at radius 1 is 1.43 bits per heavy atom. The lowest BCUT2D eigenvalue weighted by molar-refractivity contribution is 0.0639. The molecule has 1 saturated carbocycles. The molecule has 1 fully saturated rings. The SMILES string of the molecule is Cc1ccc(OC2CC(CN)C2)nn1. The highest BCUT2D eigenvalue weighted by molar-refractivity contribution is 5.11. The topological polar surface area (TPSA) is 61.0 Å². The molecule has 4 nitrogen and oxygen atoms in total. The Bertz CT molecular complexity index is 293. The summed E-state index contributed by atoms with van der Waals surface area (Å²) in [4.78, 5) is 0. The summed E-state index contributed by atoms with van der Waals surface area (Å²) in [5, 5.41) is 7.88. The van der Waals surface area contributed by atoms with Crippen molar-refractivity contribution in [3.63, 3.8) is 0 Å². The third-order valence-corrected chi connectivity index (χ3v) is 2.59. The van der Waals surface area contributed by atoms with Crippen molar-refractivity contribution in [1.29, 1.82) is 0 Å². The number of nitrogens with two attached hydrogens (primary N) is 1. The van der Waals surface area contributed by atoms with Gasteiger partial charge < -0.3 is 10.5 Å². The molecule has 0 aromatic carbocycles. The lowest BCUT2D eigenvalue weighted by Crippen LogP contribution is -2.37. The number of nitrogens with zero attached hydrogens (tertiary/aromatic N) is 2. The molecule has 1 aliphatic rings. The van der Waals surface area contributed by atoms with E-state index in [1.807, 2.05) is 19.1 Å². The molecule has 0 amide bonds. The molecule has 0 unspecified atom stereocenters. The van der Waals surface area contributed by atoms with Crippen LogP contribution in [0, 0.1) is 12.8 Å². The molecule has 0 atom stereocenters. The van der Waals surface area contributed by atoms with Gasteiger partial charge in [-0.05, 0) is 38.3 Å². The summed E-state index contributed by atoms with van der Waals surface area (Å²) >= 11 is 0. The van der Waals surface area contributed by atoms with Gasteiger partial charge in [0.25, 0.3) is 0 Å². The van der Waals surface area contributed by atoms with Crippen LogP contribution in [-0.4, -0.2) is 22.8 Å². The second-order valence-corrected chi connectivity index (χ2v) is 3.83. The summed E-state index contributed by atoms with van der Waals surface area (Å²) in [6, 6.07) is 3.76. The van der Waals surface area contributed by atoms with Gasteiger partial charge in [-0.25, -0.2) is 0 Å². The predicted octanol–water partition coefficient (Wildman–Crippen LogP) is 0.901. The average Bonchev–Trinajstić information content (AvgIpc) is 2.13. The fraction of sp³-hybridized carbons (Fsp3) is 0.600. The van der Waals surface area contributed by atoms with Crippen molar-refractivity contribution in [3.05, 3.63) is 17.8 Å². The molecule has 1 heterocycles. The summed E-state index contributed by atoms with van der Waals surface area (Å²) in [6.45, 7) is 2.67. The van der Waals surface area contributed by atoms with E-state index in [0.29, 0.717) is 17.9 Å². The number of rotatable bonds is 3. The average molecular weight is 193 g/mol. The van der Waals surface area contributed by atoms with Crippen LogP contribution in [0.3, 0.4) is 0 Å². The smallest absolute Gasteiger partial charge is 0.233 e. The maximum atomic E-state index is 5.61. The molecule has 1 aliphatic carbocycles. The van der Waals surface area contributed by atoms with Crippen molar-refractivity contribution in [2.45, 2.75) is 25.9 Å². The van der Waals surface area contributed by atoms with E-state index in [1.165, 1.54) is 0 Å². The molecule has 1 aromatic rings. The molecule has 1 aromatic heterocycles. The zero-order chi connectivity index (χ0) is 9.97. The zero-order valence-corrected chi connectivity index (χ0v) is 8.31. The molecule has 76 valence electrons. The van der Waals surface area contributed by atoms with Crippen LogP contribution in [0.1, 0.15) is 18.5 Å². The molecular formula is C10H15N3O. The second-order valence-electron chi connectivity index (χ2n) is 3.83. The molecule has 0 aliphatic heterocycles. The van der Waals surface area contributed by atoms with Crippen molar-refractivity contribution < 1.29 is 4.74 Å². The number of aromatic nitrogens is 2. The first-order chi connectivity index (χ1) is 6.78. The minimum Gasteiger partial charge on any atom is -0.473 e. The highest BCUT2D eigenvalue weighted by atomic mass is 16.5. The van der Waals surface area contributed by atoms with Gasteiger partial charge in [-0.1, -0.05) is 0 Å². The summed E-state index contributed by atoms with van der Waals surface area (Å²) in [5.74, 6) is 1.26. The molecule has 2 rings (SSSR count). The molecule has 4 heteroatoms. The van der Waals surface area contributed by atoms with Crippen LogP contribution >= 0.6 is 0 Å². The van der Waals surface area contributed by atoms with E-state index in [2.05, 4.69) is 10.2 Å². The normalized spacial score (nSPS) is 25.6. The zero-order valence-electron chi connectivity index (χ0n) is 8.31. The first-order valence-corrected chi connectivity index (χ1v) is 4.95. The van der Waals surface area contributed by atoms with Crippen LogP contribution in [0.25, 0.3) is 0 Å². The number of aryl methyl sites for hydroxylation is 1. The molecule has 0 radical (unpaired) electrons. The molecule has 0 saturated heterocycles. The summed E-state index contributed by atoms with van der Waals surface area (Å²) in [5.41, 5.74) is 6.43. The Balaban J connectivity index is 1.84. The third-order valence-electron chi connectivity index (χ3n) is 2.59. The fourth-order valence-corrected chi connectivity index (χ4v) is 1.58. The summed E-state index contributed by atoms with van der Waals surface area (Å²) in [6.07, 6.45) is 2.39. The Kier molecular flexibility index (Phi) is 2.63. The van der Waals surface area contributed by atoms with E-state index in [-0.39, 0.29) is 0 Å². The third kappa shape index (κ3) is 2.01. The van der Waals surface area contributed by atoms with Crippen molar-refractivity contribution in [2.75, 3.05) is 6.54 Å². The monoisotopic (exact) mass is 193 g/mol. The quantitative estimate of drug-likeness (QED) is 0.774. The van der Waals surface area contributed by atoms with Crippen LogP contribution in [0.5, 0.6) is 5.88 Å². The number of ether oxygens (including phenoxy) is 1. The van der Waals surface area contributed by atoms with E-state index in [1.54, 1.807) is 0 Å². The van der Waals surface area contributed by atoms with Crippen LogP contribution < -0.4 is 10.5 Å². The van der Waals surface area contributed by atoms with Gasteiger partial charge in [-0.3, -0.25) is 0 Å². The lowest BCUT2D eigenvalue weighted by atomic mass is 9.82. The Hall–Kier alpha value is -1.16. The lowest BCUT2D eigenvalue weighted by Gasteiger charge is -2.33. The van der Waals surface area contributed by atoms with E-state index in [9.17, 15) is 0 Å². The van der Waals surface area contributed by atoms with Gasteiger partial charge in [0.05, 0.1) is 5.69 Å². The molecule has 2 N–H and O–H groups in total. The maximum Gasteiger partial charge on any atom is 0.233 e. The first kappa shape index (κ1) is 9.40. The van der Waals surface area contributed by atoms with Crippen molar-refractivity contribution in [1.82, 2.24) is 10.2 Å². The van der Waals surface area contributed by atoms with Crippen molar-refractivity contribution in [2.24, 2.45) is 11.7 Å². The van der Waals surface area contributed by atoms with Crippen LogP contribution in [0.2, 0.25) is 0 Å². The molecule has 0 bridgehead atoms. The van der Waals surface area contributed by atoms with E-state index >= 15 is 0 Å². The number of hydrogen-bond donors (Lipinski definition) is 1. The highest BCUT2D eigenvalue weighted by Gasteiger charge is 2.29. The Morgan fingerprint density at radius 3 is 2.79 bits per heavy atom. The van der Waals surface area contributed by atoms with Gasteiger partial charge in [0.1, 0.15) is 6.10 Å². The maximum absolute atomic E-state index is 5.61. The molecular weight excluding hydrogens is 178 g/mol. The predicted molar refractivity (Wildman–Crippen MR) is 53.0 cm³/mol. The minimum atomic E-state index is 0.292. The van der Waals surface area contributed by atoms with Crippen molar-refractivity contribution >= 4 is 0 Å². The summed E-state index contributed by atoms with van der Waals surface area (Å²) < 4.78 is 5.61. The highest BCUT2D eigenvalue weighted by Crippen LogP contribution is 2.29. The molecule has 14 heavy (non-hydrogen) atoms. The van der Waals surface area contributed by atoms with E-state index in [0.717, 1.165) is 25.1 Å². The first-order valence-electron chi connectivity index (χ1n) is 4.95. The van der Waals surface area contributed by atoms with Gasteiger partial charge in [-0.2, -0.15) is 5.10 Å². The van der Waals surface area contributed by atoms with Gasteiger partial charge in [0.15, 0.2) is 0 Å². The number of hydrogen-bond acceptors (Lipinski definition) is 4. The van der Waals surface area contributed by atoms with Crippen LogP contribution in [-0.2, 0) is 0 Å².